The van der Waals surface area contributed by atoms with Crippen LogP contribution in [0.5, 0.6) is 0 Å². The maximum Gasteiger partial charge on any atom is 0.354 e. The van der Waals surface area contributed by atoms with Crippen LogP contribution in [0.4, 0.5) is 11.4 Å². The molecule has 0 bridgehead atoms. The summed E-state index contributed by atoms with van der Waals surface area (Å²) in [6.45, 7) is 1.19. The summed E-state index contributed by atoms with van der Waals surface area (Å²) < 4.78 is 10.6. The van der Waals surface area contributed by atoms with Gasteiger partial charge in [-0.3, -0.25) is 9.59 Å². The van der Waals surface area contributed by atoms with Crippen molar-refractivity contribution in [3.8, 4) is 0 Å². The van der Waals surface area contributed by atoms with Gasteiger partial charge in [-0.05, 0) is 24.3 Å². The van der Waals surface area contributed by atoms with Gasteiger partial charge in [-0.2, -0.15) is 5.10 Å². The van der Waals surface area contributed by atoms with E-state index >= 15 is 0 Å². The van der Waals surface area contributed by atoms with Gasteiger partial charge in [0.1, 0.15) is 17.9 Å². The van der Waals surface area contributed by atoms with Gasteiger partial charge in [0.25, 0.3) is 0 Å². The maximum absolute atomic E-state index is 12.6. The number of carbonyl (C=O) groups excluding carboxylic acids is 3. The van der Waals surface area contributed by atoms with Gasteiger partial charge in [0.05, 0.1) is 5.69 Å². The normalized spacial score (nSPS) is 13.6. The fourth-order valence-electron chi connectivity index (χ4n) is 3.33. The topological polar surface area (TPSA) is 118 Å². The molecule has 0 saturated heterocycles. The quantitative estimate of drug-likeness (QED) is 0.488. The molecule has 0 radical (unpaired) electrons. The lowest BCUT2D eigenvalue weighted by atomic mass is 10.1. The van der Waals surface area contributed by atoms with E-state index in [1.165, 1.54) is 24.1 Å². The van der Waals surface area contributed by atoms with E-state index in [-0.39, 0.29) is 42.6 Å². The minimum Gasteiger partial charge on any atom is -0.456 e. The molecular weight excluding hydrogens is 414 g/mol. The number of anilines is 2. The maximum atomic E-state index is 12.6. The summed E-state index contributed by atoms with van der Waals surface area (Å²) in [5.74, 6) is -1.14. The second-order valence-corrected chi connectivity index (χ2v) is 7.15. The average Bonchev–Trinajstić information content (AvgIpc) is 2.77. The number of hydrogen-bond donors (Lipinski definition) is 1. The number of fused-ring (bicyclic) bond motifs is 1. The molecule has 4 rings (SSSR count). The molecule has 0 fully saturated rings. The lowest BCUT2D eigenvalue weighted by molar-refractivity contribution is -0.137. The van der Waals surface area contributed by atoms with Gasteiger partial charge in [0.2, 0.25) is 11.8 Å². The van der Waals surface area contributed by atoms with Crippen LogP contribution in [0.25, 0.3) is 11.0 Å². The molecule has 0 aliphatic carbocycles. The summed E-state index contributed by atoms with van der Waals surface area (Å²) in [5.41, 5.74) is 1.25. The second kappa shape index (κ2) is 8.84. The SMILES string of the molecule is CC(=O)Nc1ccc2c(COC(=O)C3=NN(c4ccccc4)C(=O)CC3)cc(=O)oc2c1. The number of nitrogens with zero attached hydrogens (tertiary/aromatic N) is 2. The van der Waals surface area contributed by atoms with Crippen molar-refractivity contribution in [1.82, 2.24) is 0 Å². The standard InChI is InChI=1S/C23H19N3O6/c1-14(27)24-16-7-8-18-15(11-22(29)32-20(18)12-16)13-31-23(30)19-9-10-21(28)26(25-19)17-5-3-2-4-6-17/h2-8,11-12H,9-10,13H2,1H3,(H,24,27). The van der Waals surface area contributed by atoms with Crippen LogP contribution in [0.2, 0.25) is 0 Å². The predicted octanol–water partition coefficient (Wildman–Crippen LogP) is 2.98. The van der Waals surface area contributed by atoms with E-state index in [1.54, 1.807) is 36.4 Å². The zero-order valence-electron chi connectivity index (χ0n) is 17.2. The number of esters is 1. The van der Waals surface area contributed by atoms with E-state index in [2.05, 4.69) is 10.4 Å². The van der Waals surface area contributed by atoms with E-state index < -0.39 is 11.6 Å². The van der Waals surface area contributed by atoms with Crippen LogP contribution in [-0.2, 0) is 25.7 Å². The highest BCUT2D eigenvalue weighted by molar-refractivity contribution is 6.38. The van der Waals surface area contributed by atoms with E-state index in [1.807, 2.05) is 6.07 Å². The van der Waals surface area contributed by atoms with Gasteiger partial charge in [-0.15, -0.1) is 0 Å². The number of para-hydroxylation sites is 1. The molecule has 1 aliphatic rings. The lowest BCUT2D eigenvalue weighted by Crippen LogP contribution is -2.34. The van der Waals surface area contributed by atoms with E-state index in [4.69, 9.17) is 9.15 Å². The molecule has 1 aliphatic heterocycles. The van der Waals surface area contributed by atoms with Crippen LogP contribution in [0.1, 0.15) is 25.3 Å². The van der Waals surface area contributed by atoms with Gasteiger partial charge in [-0.25, -0.2) is 14.6 Å². The van der Waals surface area contributed by atoms with Crippen molar-refractivity contribution in [2.75, 3.05) is 10.3 Å². The third-order valence-electron chi connectivity index (χ3n) is 4.78. The first-order valence-corrected chi connectivity index (χ1v) is 9.88. The van der Waals surface area contributed by atoms with E-state index in [0.717, 1.165) is 0 Å². The van der Waals surface area contributed by atoms with Gasteiger partial charge in [0.15, 0.2) is 0 Å². The van der Waals surface area contributed by atoms with Crippen LogP contribution < -0.4 is 16.0 Å². The third kappa shape index (κ3) is 4.56. The van der Waals surface area contributed by atoms with Crippen molar-refractivity contribution in [3.05, 3.63) is 70.6 Å². The Morgan fingerprint density at radius 2 is 1.88 bits per heavy atom. The van der Waals surface area contributed by atoms with Crippen LogP contribution in [0, 0.1) is 0 Å². The molecule has 0 atom stereocenters. The first-order valence-electron chi connectivity index (χ1n) is 9.88. The molecular formula is C23H19N3O6. The molecule has 9 nitrogen and oxygen atoms in total. The zero-order valence-corrected chi connectivity index (χ0v) is 17.2. The minimum atomic E-state index is -0.672. The van der Waals surface area contributed by atoms with Crippen molar-refractivity contribution in [2.45, 2.75) is 26.4 Å². The molecule has 0 saturated carbocycles. The molecule has 9 heteroatoms. The van der Waals surface area contributed by atoms with E-state index in [0.29, 0.717) is 22.3 Å². The van der Waals surface area contributed by atoms with Gasteiger partial charge in [0, 0.05) is 48.5 Å². The van der Waals surface area contributed by atoms with Crippen molar-refractivity contribution in [2.24, 2.45) is 5.10 Å². The number of hydrogen-bond acceptors (Lipinski definition) is 7. The van der Waals surface area contributed by atoms with Crippen LogP contribution >= 0.6 is 0 Å². The van der Waals surface area contributed by atoms with Crippen molar-refractivity contribution in [3.63, 3.8) is 0 Å². The molecule has 3 aromatic rings. The second-order valence-electron chi connectivity index (χ2n) is 7.15. The number of carbonyl (C=O) groups is 3. The Morgan fingerprint density at radius 1 is 1.09 bits per heavy atom. The highest BCUT2D eigenvalue weighted by atomic mass is 16.5. The number of ether oxygens (including phenoxy) is 1. The van der Waals surface area contributed by atoms with Crippen molar-refractivity contribution in [1.29, 1.82) is 0 Å². The first kappa shape index (κ1) is 21.0. The van der Waals surface area contributed by atoms with Gasteiger partial charge >= 0.3 is 11.6 Å². The predicted molar refractivity (Wildman–Crippen MR) is 117 cm³/mol. The molecule has 162 valence electrons. The summed E-state index contributed by atoms with van der Waals surface area (Å²) in [6, 6.07) is 14.9. The highest BCUT2D eigenvalue weighted by Gasteiger charge is 2.26. The molecule has 2 amide bonds. The summed E-state index contributed by atoms with van der Waals surface area (Å²) in [6.07, 6.45) is 0.297. The molecule has 32 heavy (non-hydrogen) atoms. The van der Waals surface area contributed by atoms with Crippen LogP contribution in [0.15, 0.2) is 68.9 Å². The monoisotopic (exact) mass is 433 g/mol. The Labute approximate surface area is 182 Å². The number of rotatable bonds is 5. The summed E-state index contributed by atoms with van der Waals surface area (Å²) in [7, 11) is 0. The van der Waals surface area contributed by atoms with Crippen molar-refractivity contribution < 1.29 is 23.5 Å². The van der Waals surface area contributed by atoms with Crippen LogP contribution in [-0.4, -0.2) is 23.5 Å². The Balaban J connectivity index is 1.54. The fourth-order valence-corrected chi connectivity index (χ4v) is 3.33. The van der Waals surface area contributed by atoms with Crippen LogP contribution in [0.3, 0.4) is 0 Å². The Hall–Kier alpha value is -4.27. The Morgan fingerprint density at radius 3 is 2.62 bits per heavy atom. The molecule has 0 spiro atoms. The molecule has 2 heterocycles. The first-order chi connectivity index (χ1) is 15.4. The summed E-state index contributed by atoms with van der Waals surface area (Å²) in [4.78, 5) is 48.0. The summed E-state index contributed by atoms with van der Waals surface area (Å²) >= 11 is 0. The highest BCUT2D eigenvalue weighted by Crippen LogP contribution is 2.23. The molecule has 1 aromatic heterocycles. The largest absolute Gasteiger partial charge is 0.456 e. The lowest BCUT2D eigenvalue weighted by Gasteiger charge is -2.22. The van der Waals surface area contributed by atoms with Crippen molar-refractivity contribution >= 4 is 45.8 Å². The average molecular weight is 433 g/mol. The zero-order chi connectivity index (χ0) is 22.7. The molecule has 2 aromatic carbocycles. The number of amides is 2. The third-order valence-corrected chi connectivity index (χ3v) is 4.78. The van der Waals surface area contributed by atoms with Gasteiger partial charge < -0.3 is 14.5 Å². The smallest absolute Gasteiger partial charge is 0.354 e. The Bertz CT molecular complexity index is 1300. The molecule has 0 unspecified atom stereocenters. The number of hydrazone groups is 1. The van der Waals surface area contributed by atoms with Gasteiger partial charge in [-0.1, -0.05) is 18.2 Å². The molecule has 1 N–H and O–H groups in total. The summed E-state index contributed by atoms with van der Waals surface area (Å²) in [5, 5.41) is 8.54. The Kier molecular flexibility index (Phi) is 5.80. The number of nitrogens with one attached hydrogen (secondary N) is 1. The minimum absolute atomic E-state index is 0.119. The number of benzene rings is 2. The fraction of sp³-hybridized carbons (Fsp3) is 0.174. The van der Waals surface area contributed by atoms with E-state index in [9.17, 15) is 19.2 Å².